The van der Waals surface area contributed by atoms with Gasteiger partial charge >= 0.3 is 0 Å². The normalized spacial score (nSPS) is 13.3. The summed E-state index contributed by atoms with van der Waals surface area (Å²) in [6.45, 7) is 3.22. The van der Waals surface area contributed by atoms with Crippen LogP contribution in [0.3, 0.4) is 0 Å². The number of rotatable bonds is 8. The minimum Gasteiger partial charge on any atom is -0.314 e. The summed E-state index contributed by atoms with van der Waals surface area (Å²) in [5, 5.41) is 23.4. The summed E-state index contributed by atoms with van der Waals surface area (Å²) in [5.41, 5.74) is -0.0485. The van der Waals surface area contributed by atoms with Gasteiger partial charge in [-0.3, -0.25) is 4.84 Å². The third kappa shape index (κ3) is 3.93. The summed E-state index contributed by atoms with van der Waals surface area (Å²) in [6, 6.07) is 1.74. The minimum absolute atomic E-state index is 0.0965. The maximum absolute atomic E-state index is 10.9. The maximum atomic E-state index is 10.9. The Morgan fingerprint density at radius 1 is 1.35 bits per heavy atom. The lowest BCUT2D eigenvalue weighted by molar-refractivity contribution is -0.780. The molecule has 1 unspecified atom stereocenters. The van der Waals surface area contributed by atoms with E-state index < -0.39 is 15.8 Å². The molecule has 0 saturated carbocycles. The molecule has 9 nitrogen and oxygen atoms in total. The Kier molecular flexibility index (Phi) is 5.11. The lowest BCUT2D eigenvalue weighted by Gasteiger charge is -2.23. The molecular formula is C12H13N3O6S2. The third-order valence-electron chi connectivity index (χ3n) is 3.16. The predicted molar refractivity (Wildman–Crippen MR) is 82.4 cm³/mol. The van der Waals surface area contributed by atoms with Crippen LogP contribution in [0.2, 0.25) is 0 Å². The largest absolute Gasteiger partial charge is 0.314 e. The number of nitrogens with zero attached hydrogens (tertiary/aromatic N) is 3. The van der Waals surface area contributed by atoms with Crippen molar-refractivity contribution >= 4 is 22.7 Å². The van der Waals surface area contributed by atoms with Gasteiger partial charge in [0.2, 0.25) is 0 Å². The van der Waals surface area contributed by atoms with Crippen LogP contribution < -0.4 is 0 Å². The molecule has 2 aromatic heterocycles. The number of hydrogen-bond donors (Lipinski definition) is 0. The summed E-state index contributed by atoms with van der Waals surface area (Å²) >= 11 is 2.62. The smallest absolute Gasteiger partial charge is 0.295 e. The summed E-state index contributed by atoms with van der Waals surface area (Å²) < 4.78 is 0. The fourth-order valence-electron chi connectivity index (χ4n) is 1.98. The lowest BCUT2D eigenvalue weighted by atomic mass is 10.0. The van der Waals surface area contributed by atoms with Gasteiger partial charge in [0.25, 0.3) is 10.2 Å². The standard InChI is InChI=1S/C12H13N3O6S2/c1-8-10(3-5-20-14(16)17)23-11(13-8)12(2,21-15(18)19)9-4-6-22-7-9/h4,6-7H,3,5H2,1-2H3. The fraction of sp³-hybridized carbons (Fsp3) is 0.417. The van der Waals surface area contributed by atoms with E-state index in [9.17, 15) is 20.2 Å². The molecule has 0 aliphatic carbocycles. The van der Waals surface area contributed by atoms with Crippen LogP contribution in [0.15, 0.2) is 16.8 Å². The van der Waals surface area contributed by atoms with E-state index in [4.69, 9.17) is 4.84 Å². The van der Waals surface area contributed by atoms with Gasteiger partial charge in [-0.25, -0.2) is 4.98 Å². The Labute approximate surface area is 138 Å². The second-order valence-corrected chi connectivity index (χ2v) is 6.56. The molecule has 0 aliphatic heterocycles. The van der Waals surface area contributed by atoms with Crippen molar-refractivity contribution in [2.24, 2.45) is 0 Å². The van der Waals surface area contributed by atoms with Gasteiger partial charge in [0.05, 0.1) is 5.69 Å². The summed E-state index contributed by atoms with van der Waals surface area (Å²) in [5.74, 6) is 0. The molecule has 0 spiro atoms. The van der Waals surface area contributed by atoms with E-state index >= 15 is 0 Å². The molecule has 124 valence electrons. The molecule has 0 aromatic carbocycles. The zero-order valence-electron chi connectivity index (χ0n) is 12.3. The van der Waals surface area contributed by atoms with Crippen LogP contribution in [0, 0.1) is 27.2 Å². The molecule has 11 heteroatoms. The van der Waals surface area contributed by atoms with Crippen molar-refractivity contribution in [1.29, 1.82) is 0 Å². The number of thiazole rings is 1. The number of aryl methyl sites for hydroxylation is 1. The summed E-state index contributed by atoms with van der Waals surface area (Å²) in [6.07, 6.45) is 0.294. The van der Waals surface area contributed by atoms with Crippen molar-refractivity contribution < 1.29 is 19.8 Å². The van der Waals surface area contributed by atoms with Gasteiger partial charge in [0, 0.05) is 16.9 Å². The van der Waals surface area contributed by atoms with E-state index in [1.165, 1.54) is 22.7 Å². The molecule has 23 heavy (non-hydrogen) atoms. The zero-order chi connectivity index (χ0) is 17.0. The first kappa shape index (κ1) is 17.1. The van der Waals surface area contributed by atoms with Crippen LogP contribution in [0.1, 0.15) is 28.1 Å². The van der Waals surface area contributed by atoms with E-state index in [1.54, 1.807) is 30.7 Å². The van der Waals surface area contributed by atoms with Crippen LogP contribution in [0.4, 0.5) is 0 Å². The summed E-state index contributed by atoms with van der Waals surface area (Å²) in [4.78, 5) is 35.4. The molecule has 0 bridgehead atoms. The highest BCUT2D eigenvalue weighted by molar-refractivity contribution is 7.12. The second-order valence-electron chi connectivity index (χ2n) is 4.69. The van der Waals surface area contributed by atoms with Gasteiger partial charge in [-0.05, 0) is 30.7 Å². The average Bonchev–Trinajstić information content (AvgIpc) is 3.08. The number of thiophene rings is 1. The molecule has 2 aromatic rings. The van der Waals surface area contributed by atoms with Crippen molar-refractivity contribution in [2.45, 2.75) is 25.9 Å². The van der Waals surface area contributed by atoms with Crippen molar-refractivity contribution in [3.05, 3.63) is 58.2 Å². The van der Waals surface area contributed by atoms with Crippen LogP contribution in [0.25, 0.3) is 0 Å². The highest BCUT2D eigenvalue weighted by Gasteiger charge is 2.37. The molecule has 0 N–H and O–H groups in total. The van der Waals surface area contributed by atoms with Crippen LogP contribution in [-0.4, -0.2) is 21.8 Å². The fourth-order valence-corrected chi connectivity index (χ4v) is 3.88. The molecule has 0 fully saturated rings. The first-order chi connectivity index (χ1) is 10.8. The molecule has 0 radical (unpaired) electrons. The van der Waals surface area contributed by atoms with Crippen LogP contribution in [-0.2, 0) is 21.7 Å². The molecule has 0 aliphatic rings. The van der Waals surface area contributed by atoms with Crippen molar-refractivity contribution in [3.63, 3.8) is 0 Å². The molecule has 2 heterocycles. The molecule has 1 atom stereocenters. The van der Waals surface area contributed by atoms with E-state index in [0.29, 0.717) is 22.7 Å². The Hall–Kier alpha value is -2.27. The van der Waals surface area contributed by atoms with E-state index in [0.717, 1.165) is 4.88 Å². The molecule has 0 saturated heterocycles. The lowest BCUT2D eigenvalue weighted by Crippen LogP contribution is -2.29. The molecule has 0 amide bonds. The number of hydrogen-bond acceptors (Lipinski definition) is 9. The zero-order valence-corrected chi connectivity index (χ0v) is 13.9. The van der Waals surface area contributed by atoms with Gasteiger partial charge in [0.15, 0.2) is 5.60 Å². The first-order valence-corrected chi connectivity index (χ1v) is 8.19. The quantitative estimate of drug-likeness (QED) is 0.525. The number of aromatic nitrogens is 1. The molecule has 2 rings (SSSR count). The Morgan fingerprint density at radius 3 is 2.65 bits per heavy atom. The van der Waals surface area contributed by atoms with Crippen molar-refractivity contribution in [2.75, 3.05) is 6.61 Å². The highest BCUT2D eigenvalue weighted by Crippen LogP contribution is 2.38. The average molecular weight is 359 g/mol. The van der Waals surface area contributed by atoms with Crippen molar-refractivity contribution in [3.8, 4) is 0 Å². The highest BCUT2D eigenvalue weighted by atomic mass is 32.1. The predicted octanol–water partition coefficient (Wildman–Crippen LogP) is 2.74. The SMILES string of the molecule is Cc1nc(C(C)(O[N+](=O)[O-])c2ccsc2)sc1CCO[N+](=O)[O-]. The van der Waals surface area contributed by atoms with Crippen LogP contribution >= 0.6 is 22.7 Å². The van der Waals surface area contributed by atoms with Crippen molar-refractivity contribution in [1.82, 2.24) is 4.98 Å². The second kappa shape index (κ2) is 6.87. The van der Waals surface area contributed by atoms with Gasteiger partial charge in [-0.15, -0.1) is 31.6 Å². The monoisotopic (exact) mass is 359 g/mol. The Bertz CT molecular complexity index is 702. The van der Waals surface area contributed by atoms with Crippen LogP contribution in [0.5, 0.6) is 0 Å². The van der Waals surface area contributed by atoms with E-state index in [2.05, 4.69) is 9.82 Å². The van der Waals surface area contributed by atoms with Gasteiger partial charge in [-0.2, -0.15) is 11.3 Å². The Morgan fingerprint density at radius 2 is 2.09 bits per heavy atom. The summed E-state index contributed by atoms with van der Waals surface area (Å²) in [7, 11) is 0. The maximum Gasteiger partial charge on any atom is 0.295 e. The van der Waals surface area contributed by atoms with E-state index in [-0.39, 0.29) is 6.61 Å². The molecular weight excluding hydrogens is 346 g/mol. The van der Waals surface area contributed by atoms with Gasteiger partial charge in [-0.1, -0.05) is 0 Å². The minimum atomic E-state index is -1.32. The Balaban J connectivity index is 2.29. The van der Waals surface area contributed by atoms with Gasteiger partial charge in [0.1, 0.15) is 11.6 Å². The van der Waals surface area contributed by atoms with Gasteiger partial charge < -0.3 is 4.84 Å². The van der Waals surface area contributed by atoms with E-state index in [1.807, 2.05) is 0 Å². The first-order valence-electron chi connectivity index (χ1n) is 6.43. The topological polar surface area (TPSA) is 118 Å². The third-order valence-corrected chi connectivity index (χ3v) is 5.26.